The van der Waals surface area contributed by atoms with Gasteiger partial charge in [-0.25, -0.2) is 9.97 Å². The Balaban J connectivity index is 1.79. The number of aromatic nitrogens is 2. The minimum absolute atomic E-state index is 0.0108. The van der Waals surface area contributed by atoms with Gasteiger partial charge in [-0.15, -0.1) is 0 Å². The van der Waals surface area contributed by atoms with Crippen LogP contribution in [0.2, 0.25) is 0 Å². The smallest absolute Gasteiger partial charge is 0.251 e. The van der Waals surface area contributed by atoms with Gasteiger partial charge in [-0.1, -0.05) is 0 Å². The molecule has 0 aliphatic carbocycles. The molecule has 1 aromatic heterocycles. The molecule has 0 saturated carbocycles. The number of benzene rings is 1. The molecule has 0 bridgehead atoms. The fourth-order valence-corrected chi connectivity index (χ4v) is 2.64. The number of carbonyl (C=O) groups excluding carboxylic acids is 1. The molecule has 22 heavy (non-hydrogen) atoms. The predicted molar refractivity (Wildman–Crippen MR) is 85.9 cm³/mol. The van der Waals surface area contributed by atoms with Crippen LogP contribution < -0.4 is 10.1 Å². The van der Waals surface area contributed by atoms with Gasteiger partial charge in [0, 0.05) is 24.5 Å². The maximum Gasteiger partial charge on any atom is 0.251 e. The standard InChI is InChI=1S/C16H16BrN3O2/c1-10(15-19-8-12(17)9-20-15)22-13-4-5-14-11(7-13)3-2-6-18-16(14)21/h4-5,7-10H,2-3,6H2,1H3,(H,18,21). The van der Waals surface area contributed by atoms with Gasteiger partial charge in [0.25, 0.3) is 5.91 Å². The minimum atomic E-state index is -0.259. The number of ether oxygens (including phenoxy) is 1. The molecular weight excluding hydrogens is 346 g/mol. The number of nitrogens with one attached hydrogen (secondary N) is 1. The van der Waals surface area contributed by atoms with Gasteiger partial charge in [-0.05, 0) is 59.5 Å². The average Bonchev–Trinajstić information content (AvgIpc) is 2.69. The van der Waals surface area contributed by atoms with Crippen molar-refractivity contribution in [1.82, 2.24) is 15.3 Å². The molecule has 0 radical (unpaired) electrons. The molecule has 6 heteroatoms. The number of hydrogen-bond donors (Lipinski definition) is 1. The Morgan fingerprint density at radius 2 is 2.09 bits per heavy atom. The lowest BCUT2D eigenvalue weighted by molar-refractivity contribution is 0.0956. The Kier molecular flexibility index (Phi) is 4.38. The predicted octanol–water partition coefficient (Wildman–Crippen LogP) is 3.06. The van der Waals surface area contributed by atoms with Crippen molar-refractivity contribution in [1.29, 1.82) is 0 Å². The molecule has 1 aromatic carbocycles. The second-order valence-corrected chi connectivity index (χ2v) is 6.11. The van der Waals surface area contributed by atoms with Gasteiger partial charge in [0.15, 0.2) is 11.9 Å². The summed E-state index contributed by atoms with van der Waals surface area (Å²) in [6, 6.07) is 5.58. The molecule has 0 saturated heterocycles. The van der Waals surface area contributed by atoms with Crippen LogP contribution in [0.5, 0.6) is 5.75 Å². The van der Waals surface area contributed by atoms with Crippen molar-refractivity contribution in [3.8, 4) is 5.75 Å². The van der Waals surface area contributed by atoms with Crippen LogP contribution in [0.3, 0.4) is 0 Å². The maximum atomic E-state index is 11.9. The summed E-state index contributed by atoms with van der Waals surface area (Å²) in [7, 11) is 0. The van der Waals surface area contributed by atoms with Crippen LogP contribution in [0.1, 0.15) is 41.2 Å². The highest BCUT2D eigenvalue weighted by atomic mass is 79.9. The molecule has 0 spiro atoms. The molecule has 1 unspecified atom stereocenters. The lowest BCUT2D eigenvalue weighted by atomic mass is 10.0. The molecule has 1 N–H and O–H groups in total. The zero-order valence-corrected chi connectivity index (χ0v) is 13.8. The topological polar surface area (TPSA) is 64.1 Å². The van der Waals surface area contributed by atoms with Gasteiger partial charge >= 0.3 is 0 Å². The highest BCUT2D eigenvalue weighted by Gasteiger charge is 2.17. The third-order valence-corrected chi connectivity index (χ3v) is 3.96. The Morgan fingerprint density at radius 3 is 2.86 bits per heavy atom. The molecule has 1 amide bonds. The first-order valence-corrected chi connectivity index (χ1v) is 7.98. The summed E-state index contributed by atoms with van der Waals surface area (Å²) in [6.45, 7) is 2.62. The van der Waals surface area contributed by atoms with Crippen molar-refractivity contribution in [3.05, 3.63) is 52.0 Å². The second-order valence-electron chi connectivity index (χ2n) is 5.20. The van der Waals surface area contributed by atoms with Crippen molar-refractivity contribution < 1.29 is 9.53 Å². The van der Waals surface area contributed by atoms with E-state index in [4.69, 9.17) is 4.74 Å². The molecule has 1 aliphatic rings. The molecule has 0 fully saturated rings. The summed E-state index contributed by atoms with van der Waals surface area (Å²) in [5.74, 6) is 1.34. The van der Waals surface area contributed by atoms with E-state index >= 15 is 0 Å². The summed E-state index contributed by atoms with van der Waals surface area (Å²) in [6.07, 6.45) is 4.94. The van der Waals surface area contributed by atoms with E-state index in [2.05, 4.69) is 31.2 Å². The van der Waals surface area contributed by atoms with Crippen molar-refractivity contribution in [2.45, 2.75) is 25.9 Å². The number of aryl methyl sites for hydroxylation is 1. The molecule has 1 atom stereocenters. The number of halogens is 1. The molecule has 114 valence electrons. The number of rotatable bonds is 3. The van der Waals surface area contributed by atoms with Crippen LogP contribution in [0.4, 0.5) is 0 Å². The van der Waals surface area contributed by atoms with Gasteiger partial charge in [0.2, 0.25) is 0 Å². The fraction of sp³-hybridized carbons (Fsp3) is 0.312. The van der Waals surface area contributed by atoms with Crippen LogP contribution >= 0.6 is 15.9 Å². The summed E-state index contributed by atoms with van der Waals surface area (Å²) in [4.78, 5) is 20.4. The van der Waals surface area contributed by atoms with E-state index in [0.29, 0.717) is 12.4 Å². The zero-order valence-electron chi connectivity index (χ0n) is 12.2. The van der Waals surface area contributed by atoms with Crippen LogP contribution in [-0.4, -0.2) is 22.4 Å². The number of amides is 1. The minimum Gasteiger partial charge on any atom is -0.483 e. The molecule has 5 nitrogen and oxygen atoms in total. The summed E-state index contributed by atoms with van der Waals surface area (Å²) in [5.41, 5.74) is 1.76. The molecule has 1 aliphatic heterocycles. The lowest BCUT2D eigenvalue weighted by Gasteiger charge is -2.15. The van der Waals surface area contributed by atoms with Crippen molar-refractivity contribution in [2.24, 2.45) is 0 Å². The first-order chi connectivity index (χ1) is 10.6. The Labute approximate surface area is 137 Å². The van der Waals surface area contributed by atoms with Gasteiger partial charge in [-0.2, -0.15) is 0 Å². The summed E-state index contributed by atoms with van der Waals surface area (Å²) < 4.78 is 6.74. The lowest BCUT2D eigenvalue weighted by Crippen LogP contribution is -2.22. The van der Waals surface area contributed by atoms with E-state index in [1.807, 2.05) is 25.1 Å². The largest absolute Gasteiger partial charge is 0.483 e. The van der Waals surface area contributed by atoms with Gasteiger partial charge in [-0.3, -0.25) is 4.79 Å². The molecular formula is C16H16BrN3O2. The second kappa shape index (κ2) is 6.44. The van der Waals surface area contributed by atoms with Crippen LogP contribution in [0.15, 0.2) is 35.1 Å². The third kappa shape index (κ3) is 3.27. The first kappa shape index (κ1) is 15.0. The highest BCUT2D eigenvalue weighted by Crippen LogP contribution is 2.25. The number of hydrogen-bond acceptors (Lipinski definition) is 4. The van der Waals surface area contributed by atoms with Crippen molar-refractivity contribution >= 4 is 21.8 Å². The summed E-state index contributed by atoms with van der Waals surface area (Å²) >= 11 is 3.31. The summed E-state index contributed by atoms with van der Waals surface area (Å²) in [5, 5.41) is 2.89. The van der Waals surface area contributed by atoms with E-state index in [-0.39, 0.29) is 12.0 Å². The van der Waals surface area contributed by atoms with Crippen molar-refractivity contribution in [3.63, 3.8) is 0 Å². The van der Waals surface area contributed by atoms with E-state index in [1.165, 1.54) is 0 Å². The van der Waals surface area contributed by atoms with Crippen LogP contribution in [0, 0.1) is 0 Å². The van der Waals surface area contributed by atoms with E-state index in [1.54, 1.807) is 12.4 Å². The van der Waals surface area contributed by atoms with Gasteiger partial charge < -0.3 is 10.1 Å². The monoisotopic (exact) mass is 361 g/mol. The normalized spacial score (nSPS) is 15.5. The van der Waals surface area contributed by atoms with Gasteiger partial charge in [0.05, 0.1) is 4.47 Å². The number of carbonyl (C=O) groups is 1. The Morgan fingerprint density at radius 1 is 1.32 bits per heavy atom. The molecule has 2 heterocycles. The fourth-order valence-electron chi connectivity index (χ4n) is 2.44. The van der Waals surface area contributed by atoms with E-state index < -0.39 is 0 Å². The number of fused-ring (bicyclic) bond motifs is 1. The Hall–Kier alpha value is -1.95. The van der Waals surface area contributed by atoms with Crippen molar-refractivity contribution in [2.75, 3.05) is 6.54 Å². The number of nitrogens with zero attached hydrogens (tertiary/aromatic N) is 2. The Bertz CT molecular complexity index is 688. The molecule has 3 rings (SSSR count). The van der Waals surface area contributed by atoms with Crippen LogP contribution in [-0.2, 0) is 6.42 Å². The highest BCUT2D eigenvalue weighted by molar-refractivity contribution is 9.10. The third-order valence-electron chi connectivity index (χ3n) is 3.55. The average molecular weight is 362 g/mol. The van der Waals surface area contributed by atoms with Crippen LogP contribution in [0.25, 0.3) is 0 Å². The first-order valence-electron chi connectivity index (χ1n) is 7.19. The van der Waals surface area contributed by atoms with E-state index in [9.17, 15) is 4.79 Å². The SMILES string of the molecule is CC(Oc1ccc2c(c1)CCCNC2=O)c1ncc(Br)cn1. The quantitative estimate of drug-likeness (QED) is 0.912. The van der Waals surface area contributed by atoms with Gasteiger partial charge in [0.1, 0.15) is 5.75 Å². The molecule has 2 aromatic rings. The zero-order chi connectivity index (χ0) is 15.5. The van der Waals surface area contributed by atoms with E-state index in [0.717, 1.165) is 34.2 Å². The maximum absolute atomic E-state index is 11.9.